The number of aromatic nitrogens is 4. The van der Waals surface area contributed by atoms with E-state index in [4.69, 9.17) is 14.6 Å². The van der Waals surface area contributed by atoms with E-state index in [0.717, 1.165) is 28.3 Å². The SMILES string of the molecule is Cc1sc(-n2cnnn2)c(C(=O)N2C[C@H]3[C@@H](CO)[C@@H]4CC[C@@]3(C2)O4)c1C.O=CO. The molecule has 0 saturated carbocycles. The van der Waals surface area contributed by atoms with Crippen LogP contribution in [0.5, 0.6) is 0 Å². The van der Waals surface area contributed by atoms with Crippen molar-refractivity contribution in [2.45, 2.75) is 38.4 Å². The molecule has 3 aliphatic heterocycles. The molecule has 1 spiro atoms. The van der Waals surface area contributed by atoms with Gasteiger partial charge in [-0.15, -0.1) is 16.4 Å². The molecule has 5 heterocycles. The fourth-order valence-electron chi connectivity index (χ4n) is 5.02. The van der Waals surface area contributed by atoms with Crippen molar-refractivity contribution in [3.05, 3.63) is 22.3 Å². The largest absolute Gasteiger partial charge is 0.483 e. The predicted octanol–water partition coefficient (Wildman–Crippen LogP) is 0.653. The van der Waals surface area contributed by atoms with E-state index in [-0.39, 0.29) is 42.5 Å². The van der Waals surface area contributed by atoms with E-state index in [0.29, 0.717) is 18.7 Å². The quantitative estimate of drug-likeness (QED) is 0.691. The first-order valence-corrected chi connectivity index (χ1v) is 10.3. The Hall–Kier alpha value is -2.37. The molecule has 3 fully saturated rings. The van der Waals surface area contributed by atoms with Gasteiger partial charge in [0.25, 0.3) is 12.4 Å². The molecular formula is C18H23N5O5S. The highest BCUT2D eigenvalue weighted by Gasteiger charge is 2.63. The molecule has 11 heteroatoms. The first-order chi connectivity index (χ1) is 14.0. The van der Waals surface area contributed by atoms with Crippen molar-refractivity contribution in [2.24, 2.45) is 11.8 Å². The van der Waals surface area contributed by atoms with Crippen molar-refractivity contribution in [1.29, 1.82) is 0 Å². The summed E-state index contributed by atoms with van der Waals surface area (Å²) in [7, 11) is 0. The number of hydrogen-bond acceptors (Lipinski definition) is 8. The van der Waals surface area contributed by atoms with E-state index in [1.165, 1.54) is 17.7 Å². The highest BCUT2D eigenvalue weighted by Crippen LogP contribution is 2.55. The van der Waals surface area contributed by atoms with Gasteiger partial charge in [0.2, 0.25) is 0 Å². The third-order valence-corrected chi connectivity index (χ3v) is 7.62. The Kier molecular flexibility index (Phi) is 5.13. The van der Waals surface area contributed by atoms with E-state index < -0.39 is 0 Å². The number of carboxylic acid groups (broad SMARTS) is 1. The third-order valence-electron chi connectivity index (χ3n) is 6.42. The number of carbonyl (C=O) groups is 2. The fourth-order valence-corrected chi connectivity index (χ4v) is 6.09. The molecule has 2 bridgehead atoms. The van der Waals surface area contributed by atoms with Crippen LogP contribution >= 0.6 is 11.3 Å². The van der Waals surface area contributed by atoms with Crippen molar-refractivity contribution in [3.8, 4) is 5.00 Å². The first-order valence-electron chi connectivity index (χ1n) is 9.45. The summed E-state index contributed by atoms with van der Waals surface area (Å²) in [6.07, 6.45) is 3.63. The number of nitrogens with zero attached hydrogens (tertiary/aromatic N) is 5. The van der Waals surface area contributed by atoms with E-state index in [2.05, 4.69) is 15.5 Å². The van der Waals surface area contributed by atoms with Gasteiger partial charge in [-0.3, -0.25) is 9.59 Å². The number of aryl methyl sites for hydroxylation is 1. The summed E-state index contributed by atoms with van der Waals surface area (Å²) in [5.74, 6) is 0.377. The number of thiophene rings is 1. The fraction of sp³-hybridized carbons (Fsp3) is 0.611. The molecule has 0 radical (unpaired) electrons. The zero-order valence-corrected chi connectivity index (χ0v) is 17.0. The minimum atomic E-state index is -0.262. The molecule has 156 valence electrons. The molecule has 0 aromatic carbocycles. The number of likely N-dealkylation sites (tertiary alicyclic amines) is 1. The van der Waals surface area contributed by atoms with E-state index in [1.54, 1.807) is 4.68 Å². The molecule has 3 aliphatic rings. The van der Waals surface area contributed by atoms with Gasteiger partial charge in [-0.25, -0.2) is 0 Å². The minimum Gasteiger partial charge on any atom is -0.483 e. The zero-order valence-electron chi connectivity index (χ0n) is 16.2. The number of hydrogen-bond donors (Lipinski definition) is 2. The summed E-state index contributed by atoms with van der Waals surface area (Å²) in [4.78, 5) is 24.8. The molecule has 10 nitrogen and oxygen atoms in total. The molecule has 2 N–H and O–H groups in total. The zero-order chi connectivity index (χ0) is 20.8. The van der Waals surface area contributed by atoms with Gasteiger partial charge in [0.05, 0.1) is 23.8 Å². The topological polar surface area (TPSA) is 131 Å². The molecule has 4 atom stereocenters. The molecule has 0 unspecified atom stereocenters. The van der Waals surface area contributed by atoms with Crippen molar-refractivity contribution < 1.29 is 24.5 Å². The monoisotopic (exact) mass is 421 g/mol. The lowest BCUT2D eigenvalue weighted by atomic mass is 9.74. The highest BCUT2D eigenvalue weighted by molar-refractivity contribution is 7.15. The number of ether oxygens (including phenoxy) is 1. The van der Waals surface area contributed by atoms with Crippen LogP contribution in [-0.4, -0.2) is 79.1 Å². The summed E-state index contributed by atoms with van der Waals surface area (Å²) < 4.78 is 7.81. The molecule has 5 rings (SSSR count). The number of carbonyl (C=O) groups excluding carboxylic acids is 1. The Labute approximate surface area is 171 Å². The van der Waals surface area contributed by atoms with Gasteiger partial charge in [-0.05, 0) is 42.7 Å². The van der Waals surface area contributed by atoms with E-state index >= 15 is 0 Å². The number of tetrazole rings is 1. The molecule has 2 aromatic heterocycles. The Morgan fingerprint density at radius 3 is 2.90 bits per heavy atom. The minimum absolute atomic E-state index is 0.00450. The normalized spacial score (nSPS) is 29.5. The predicted molar refractivity (Wildman–Crippen MR) is 102 cm³/mol. The number of aliphatic hydroxyl groups excluding tert-OH is 1. The number of rotatable bonds is 3. The van der Waals surface area contributed by atoms with Gasteiger partial charge < -0.3 is 19.8 Å². The summed E-state index contributed by atoms with van der Waals surface area (Å²) in [6.45, 7) is 5.11. The van der Waals surface area contributed by atoms with Gasteiger partial charge >= 0.3 is 0 Å². The van der Waals surface area contributed by atoms with Crippen LogP contribution in [0.3, 0.4) is 0 Å². The van der Waals surface area contributed by atoms with Crippen LogP contribution in [0.25, 0.3) is 5.00 Å². The van der Waals surface area contributed by atoms with Crippen LogP contribution in [0.15, 0.2) is 6.33 Å². The first kappa shape index (κ1) is 19.9. The van der Waals surface area contributed by atoms with Gasteiger partial charge in [0.1, 0.15) is 11.3 Å². The maximum Gasteiger partial charge on any atom is 0.290 e. The molecule has 2 aromatic rings. The number of fused-ring (bicyclic) bond motifs is 1. The van der Waals surface area contributed by atoms with E-state index in [9.17, 15) is 9.90 Å². The van der Waals surface area contributed by atoms with E-state index in [1.807, 2.05) is 18.7 Å². The van der Waals surface area contributed by atoms with Crippen LogP contribution in [0, 0.1) is 25.7 Å². The highest BCUT2D eigenvalue weighted by atomic mass is 32.1. The van der Waals surface area contributed by atoms with Crippen molar-refractivity contribution >= 4 is 23.7 Å². The Balaban J connectivity index is 0.000000645. The van der Waals surface area contributed by atoms with Crippen LogP contribution in [0.4, 0.5) is 0 Å². The molecule has 29 heavy (non-hydrogen) atoms. The lowest BCUT2D eigenvalue weighted by Gasteiger charge is -2.27. The lowest BCUT2D eigenvalue weighted by molar-refractivity contribution is -0.122. The lowest BCUT2D eigenvalue weighted by Crippen LogP contribution is -2.38. The van der Waals surface area contributed by atoms with Gasteiger partial charge in [-0.1, -0.05) is 0 Å². The molecular weight excluding hydrogens is 398 g/mol. The second-order valence-electron chi connectivity index (χ2n) is 7.72. The van der Waals surface area contributed by atoms with Crippen LogP contribution in [-0.2, 0) is 9.53 Å². The van der Waals surface area contributed by atoms with Crippen molar-refractivity contribution in [3.63, 3.8) is 0 Å². The smallest absolute Gasteiger partial charge is 0.290 e. The van der Waals surface area contributed by atoms with Gasteiger partial charge in [0.15, 0.2) is 0 Å². The Morgan fingerprint density at radius 2 is 2.24 bits per heavy atom. The summed E-state index contributed by atoms with van der Waals surface area (Å²) in [6, 6.07) is 0. The van der Waals surface area contributed by atoms with Crippen LogP contribution in [0.2, 0.25) is 0 Å². The average Bonchev–Trinajstić information content (AvgIpc) is 3.49. The van der Waals surface area contributed by atoms with Crippen molar-refractivity contribution in [2.75, 3.05) is 19.7 Å². The third kappa shape index (κ3) is 3.04. The summed E-state index contributed by atoms with van der Waals surface area (Å²) in [5.41, 5.74) is 1.39. The maximum absolute atomic E-state index is 13.4. The van der Waals surface area contributed by atoms with Crippen molar-refractivity contribution in [1.82, 2.24) is 25.1 Å². The standard InChI is InChI=1S/C17H21N5O3S.CH2O2/c1-9-10(2)26-16(22-8-18-19-20-22)14(9)15(24)21-5-12-11(6-23)13-3-4-17(12,7-21)25-13;2-1-3/h8,11-13,23H,3-7H2,1-2H3;1H,(H,2,3)/t11-,12+,13+,17+;/m1./s1. The number of aliphatic hydroxyl groups is 1. The van der Waals surface area contributed by atoms with Gasteiger partial charge in [0, 0.05) is 29.9 Å². The summed E-state index contributed by atoms with van der Waals surface area (Å²) in [5, 5.41) is 28.8. The van der Waals surface area contributed by atoms with Gasteiger partial charge in [-0.2, -0.15) is 4.68 Å². The molecule has 3 saturated heterocycles. The maximum atomic E-state index is 13.4. The van der Waals surface area contributed by atoms with Crippen LogP contribution in [0.1, 0.15) is 33.6 Å². The second-order valence-corrected chi connectivity index (χ2v) is 8.92. The molecule has 0 aliphatic carbocycles. The Morgan fingerprint density at radius 1 is 1.48 bits per heavy atom. The molecule has 1 amide bonds. The number of amides is 1. The van der Waals surface area contributed by atoms with Crippen LogP contribution < -0.4 is 0 Å². The second kappa shape index (κ2) is 7.47. The average molecular weight is 421 g/mol. The summed E-state index contributed by atoms with van der Waals surface area (Å²) >= 11 is 1.53. The Bertz CT molecular complexity index is 916.